The molecule has 1 aliphatic heterocycles. The van der Waals surface area contributed by atoms with Gasteiger partial charge in [0.2, 0.25) is 11.8 Å². The van der Waals surface area contributed by atoms with Gasteiger partial charge >= 0.3 is 0 Å². The Morgan fingerprint density at radius 1 is 1.08 bits per heavy atom. The van der Waals surface area contributed by atoms with E-state index in [9.17, 15) is 9.59 Å². The average Bonchev–Trinajstić information content (AvgIpc) is 2.67. The van der Waals surface area contributed by atoms with Crippen LogP contribution in [0.5, 0.6) is 0 Å². The molecule has 1 heterocycles. The van der Waals surface area contributed by atoms with E-state index in [0.29, 0.717) is 13.0 Å². The largest absolute Gasteiger partial charge is 0.312 e. The number of hydrogen-bond donors (Lipinski definition) is 0. The van der Waals surface area contributed by atoms with Crippen LogP contribution in [0.2, 0.25) is 0 Å². The van der Waals surface area contributed by atoms with Crippen LogP contribution >= 0.6 is 0 Å². The number of carbonyl (C=O) groups excluding carboxylic acids is 2. The lowest BCUT2D eigenvalue weighted by molar-refractivity contribution is -0.118. The minimum Gasteiger partial charge on any atom is -0.312 e. The Labute approximate surface area is 155 Å². The molecule has 0 saturated carbocycles. The maximum atomic E-state index is 12.9. The lowest BCUT2D eigenvalue weighted by atomic mass is 10.0. The molecule has 0 spiro atoms. The topological polar surface area (TPSA) is 40.6 Å². The highest BCUT2D eigenvalue weighted by Gasteiger charge is 2.23. The number of carbonyl (C=O) groups is 2. The molecule has 0 radical (unpaired) electrons. The third kappa shape index (κ3) is 3.79. The second-order valence-electron chi connectivity index (χ2n) is 6.68. The highest BCUT2D eigenvalue weighted by Crippen LogP contribution is 2.27. The summed E-state index contributed by atoms with van der Waals surface area (Å²) in [6.45, 7) is 4.80. The minimum absolute atomic E-state index is 0.0299. The van der Waals surface area contributed by atoms with Gasteiger partial charge in [0.15, 0.2) is 0 Å². The Bertz CT molecular complexity index is 800. The lowest BCUT2D eigenvalue weighted by Gasteiger charge is -2.30. The molecule has 26 heavy (non-hydrogen) atoms. The molecule has 2 amide bonds. The van der Waals surface area contributed by atoms with Crippen molar-refractivity contribution in [1.29, 1.82) is 0 Å². The molecule has 0 unspecified atom stereocenters. The van der Waals surface area contributed by atoms with Crippen molar-refractivity contribution < 1.29 is 9.59 Å². The van der Waals surface area contributed by atoms with Crippen LogP contribution in [-0.4, -0.2) is 24.9 Å². The first kappa shape index (κ1) is 18.2. The van der Waals surface area contributed by atoms with E-state index in [2.05, 4.69) is 13.0 Å². The van der Waals surface area contributed by atoms with E-state index < -0.39 is 0 Å². The molecule has 0 atom stereocenters. The van der Waals surface area contributed by atoms with Gasteiger partial charge in [-0.25, -0.2) is 0 Å². The summed E-state index contributed by atoms with van der Waals surface area (Å²) in [7, 11) is 0. The molecule has 0 aromatic heterocycles. The highest BCUT2D eigenvalue weighted by atomic mass is 16.2. The van der Waals surface area contributed by atoms with Gasteiger partial charge in [0.25, 0.3) is 0 Å². The molecule has 3 rings (SSSR count). The van der Waals surface area contributed by atoms with Gasteiger partial charge in [0, 0.05) is 37.8 Å². The van der Waals surface area contributed by atoms with E-state index in [0.717, 1.165) is 42.7 Å². The van der Waals surface area contributed by atoms with E-state index in [1.54, 1.807) is 11.8 Å². The van der Waals surface area contributed by atoms with Crippen LogP contribution in [0.4, 0.5) is 11.4 Å². The third-order valence-corrected chi connectivity index (χ3v) is 5.00. The zero-order valence-electron chi connectivity index (χ0n) is 15.6. The van der Waals surface area contributed by atoms with Crippen LogP contribution in [0.25, 0.3) is 0 Å². The molecule has 2 aromatic carbocycles. The summed E-state index contributed by atoms with van der Waals surface area (Å²) >= 11 is 0. The molecule has 1 aliphatic rings. The Morgan fingerprint density at radius 3 is 2.58 bits per heavy atom. The van der Waals surface area contributed by atoms with Gasteiger partial charge in [-0.05, 0) is 42.5 Å². The summed E-state index contributed by atoms with van der Waals surface area (Å²) < 4.78 is 0. The van der Waals surface area contributed by atoms with Crippen molar-refractivity contribution in [2.75, 3.05) is 22.9 Å². The van der Waals surface area contributed by atoms with Gasteiger partial charge in [0.05, 0.1) is 0 Å². The number of para-hydroxylation sites is 2. The molecule has 0 N–H and O–H groups in total. The van der Waals surface area contributed by atoms with Crippen molar-refractivity contribution in [1.82, 2.24) is 0 Å². The first-order chi connectivity index (χ1) is 12.6. The summed E-state index contributed by atoms with van der Waals surface area (Å²) in [5.41, 5.74) is 4.28. The fraction of sp³-hybridized carbons (Fsp3) is 0.364. The zero-order valence-corrected chi connectivity index (χ0v) is 15.6. The van der Waals surface area contributed by atoms with Gasteiger partial charge in [-0.15, -0.1) is 0 Å². The van der Waals surface area contributed by atoms with Gasteiger partial charge < -0.3 is 9.80 Å². The lowest BCUT2D eigenvalue weighted by Crippen LogP contribution is -2.39. The van der Waals surface area contributed by atoms with Crippen molar-refractivity contribution in [2.45, 2.75) is 39.5 Å². The molecule has 0 aliphatic carbocycles. The van der Waals surface area contributed by atoms with E-state index in [-0.39, 0.29) is 11.8 Å². The number of benzene rings is 2. The van der Waals surface area contributed by atoms with Crippen LogP contribution in [0.3, 0.4) is 0 Å². The van der Waals surface area contributed by atoms with E-state index in [1.807, 2.05) is 47.4 Å². The molecule has 0 bridgehead atoms. The second-order valence-corrected chi connectivity index (χ2v) is 6.68. The number of hydrogen-bond acceptors (Lipinski definition) is 2. The van der Waals surface area contributed by atoms with Crippen molar-refractivity contribution in [3.8, 4) is 0 Å². The molecule has 4 heteroatoms. The van der Waals surface area contributed by atoms with Crippen LogP contribution < -0.4 is 9.80 Å². The molecule has 2 aromatic rings. The van der Waals surface area contributed by atoms with Crippen molar-refractivity contribution in [2.24, 2.45) is 0 Å². The number of rotatable bonds is 5. The van der Waals surface area contributed by atoms with Gasteiger partial charge in [-0.1, -0.05) is 43.3 Å². The zero-order chi connectivity index (χ0) is 18.5. The number of nitrogens with zero attached hydrogens (tertiary/aromatic N) is 2. The van der Waals surface area contributed by atoms with E-state index in [4.69, 9.17) is 0 Å². The highest BCUT2D eigenvalue weighted by molar-refractivity contribution is 5.97. The average molecular weight is 350 g/mol. The Kier molecular flexibility index (Phi) is 5.71. The number of fused-ring (bicyclic) bond motifs is 1. The molecule has 0 fully saturated rings. The molecular formula is C22H26N2O2. The second kappa shape index (κ2) is 8.17. The van der Waals surface area contributed by atoms with Gasteiger partial charge in [-0.2, -0.15) is 0 Å². The molecular weight excluding hydrogens is 324 g/mol. The van der Waals surface area contributed by atoms with Crippen molar-refractivity contribution >= 4 is 23.2 Å². The summed E-state index contributed by atoms with van der Waals surface area (Å²) in [6, 6.07) is 16.0. The predicted octanol–water partition coefficient (Wildman–Crippen LogP) is 3.97. The Balaban J connectivity index is 1.74. The van der Waals surface area contributed by atoms with Crippen LogP contribution in [0, 0.1) is 0 Å². The van der Waals surface area contributed by atoms with Gasteiger partial charge in [-0.3, -0.25) is 9.59 Å². The maximum absolute atomic E-state index is 12.9. The Hall–Kier alpha value is -2.62. The van der Waals surface area contributed by atoms with E-state index in [1.165, 1.54) is 5.56 Å². The normalized spacial score (nSPS) is 13.2. The standard InChI is InChI=1S/C22H26N2O2/c1-3-18-9-4-6-12-20(18)23(17(2)25)16-14-22(26)24-15-8-11-19-10-5-7-13-21(19)24/h4-7,9-10,12-13H,3,8,11,14-16H2,1-2H3. The minimum atomic E-state index is -0.0299. The quantitative estimate of drug-likeness (QED) is 0.819. The summed E-state index contributed by atoms with van der Waals surface area (Å²) in [4.78, 5) is 28.7. The first-order valence-electron chi connectivity index (χ1n) is 9.36. The monoisotopic (exact) mass is 350 g/mol. The third-order valence-electron chi connectivity index (χ3n) is 5.00. The summed E-state index contributed by atoms with van der Waals surface area (Å²) in [5, 5.41) is 0. The van der Waals surface area contributed by atoms with Crippen LogP contribution in [0.15, 0.2) is 48.5 Å². The number of amides is 2. The van der Waals surface area contributed by atoms with Crippen LogP contribution in [0.1, 0.15) is 37.8 Å². The fourth-order valence-corrected chi connectivity index (χ4v) is 3.66. The van der Waals surface area contributed by atoms with Crippen LogP contribution in [-0.2, 0) is 22.4 Å². The Morgan fingerprint density at radius 2 is 1.81 bits per heavy atom. The predicted molar refractivity (Wildman–Crippen MR) is 106 cm³/mol. The first-order valence-corrected chi connectivity index (χ1v) is 9.36. The summed E-state index contributed by atoms with van der Waals surface area (Å²) in [6.07, 6.45) is 3.18. The smallest absolute Gasteiger partial charge is 0.228 e. The summed E-state index contributed by atoms with van der Waals surface area (Å²) in [5.74, 6) is 0.0510. The SMILES string of the molecule is CCc1ccccc1N(CCC(=O)N1CCCc2ccccc21)C(C)=O. The molecule has 0 saturated heterocycles. The maximum Gasteiger partial charge on any atom is 0.228 e. The van der Waals surface area contributed by atoms with Crippen molar-refractivity contribution in [3.05, 3.63) is 59.7 Å². The fourth-order valence-electron chi connectivity index (χ4n) is 3.66. The van der Waals surface area contributed by atoms with E-state index >= 15 is 0 Å². The number of anilines is 2. The number of aryl methyl sites for hydroxylation is 2. The van der Waals surface area contributed by atoms with Gasteiger partial charge in [0.1, 0.15) is 0 Å². The molecule has 136 valence electrons. The molecule has 4 nitrogen and oxygen atoms in total. The van der Waals surface area contributed by atoms with Crippen molar-refractivity contribution in [3.63, 3.8) is 0 Å².